The van der Waals surface area contributed by atoms with Gasteiger partial charge in [0.05, 0.1) is 10.5 Å². The summed E-state index contributed by atoms with van der Waals surface area (Å²) in [4.78, 5) is 36.7. The topological polar surface area (TPSA) is 104 Å². The van der Waals surface area contributed by atoms with E-state index in [1.165, 1.54) is 17.0 Å². The van der Waals surface area contributed by atoms with Crippen LogP contribution in [0.2, 0.25) is 0 Å². The Morgan fingerprint density at radius 3 is 2.65 bits per heavy atom. The molecule has 2 heterocycles. The van der Waals surface area contributed by atoms with Crippen LogP contribution in [0, 0.1) is 16.0 Å². The lowest BCUT2D eigenvalue weighted by Gasteiger charge is -2.32. The molecule has 8 nitrogen and oxygen atoms in total. The molecule has 0 aliphatic carbocycles. The lowest BCUT2D eigenvalue weighted by Crippen LogP contribution is -2.41. The summed E-state index contributed by atoms with van der Waals surface area (Å²) < 4.78 is 0. The molecule has 0 aromatic heterocycles. The Morgan fingerprint density at radius 2 is 2.04 bits per heavy atom. The van der Waals surface area contributed by atoms with E-state index in [1.807, 2.05) is 0 Å². The maximum atomic E-state index is 12.4. The number of carbonyl (C=O) groups is 2. The molecule has 3 rings (SSSR count). The summed E-state index contributed by atoms with van der Waals surface area (Å²) in [5, 5.41) is 19.8. The SMILES string of the molecule is O=C(O)N1CCC(CN2Cc3ccc([N+](=O)[O-])cc3C2=O)CC1. The van der Waals surface area contributed by atoms with Crippen LogP contribution in [0.25, 0.3) is 0 Å². The summed E-state index contributed by atoms with van der Waals surface area (Å²) in [5.74, 6) is 0.0863. The molecule has 1 aromatic rings. The number of nitro benzene ring substituents is 1. The molecule has 1 N–H and O–H groups in total. The minimum atomic E-state index is -0.902. The summed E-state index contributed by atoms with van der Waals surface area (Å²) in [6.45, 7) is 2.00. The zero-order chi connectivity index (χ0) is 16.6. The van der Waals surface area contributed by atoms with Crippen LogP contribution in [0.4, 0.5) is 10.5 Å². The molecule has 0 radical (unpaired) electrons. The van der Waals surface area contributed by atoms with Crippen LogP contribution >= 0.6 is 0 Å². The number of rotatable bonds is 3. The van der Waals surface area contributed by atoms with Gasteiger partial charge in [-0.1, -0.05) is 0 Å². The van der Waals surface area contributed by atoms with Gasteiger partial charge in [0.15, 0.2) is 0 Å². The fraction of sp³-hybridized carbons (Fsp3) is 0.467. The molecule has 2 aliphatic rings. The molecular weight excluding hydrogens is 302 g/mol. The van der Waals surface area contributed by atoms with E-state index in [4.69, 9.17) is 5.11 Å². The van der Waals surface area contributed by atoms with Gasteiger partial charge in [0.2, 0.25) is 0 Å². The van der Waals surface area contributed by atoms with Gasteiger partial charge in [0, 0.05) is 38.3 Å². The first-order valence-corrected chi connectivity index (χ1v) is 7.50. The normalized spacial score (nSPS) is 18.2. The van der Waals surface area contributed by atoms with Crippen LogP contribution in [0.5, 0.6) is 0 Å². The van der Waals surface area contributed by atoms with Crippen LogP contribution in [0.3, 0.4) is 0 Å². The van der Waals surface area contributed by atoms with Crippen molar-refractivity contribution < 1.29 is 19.6 Å². The number of piperidine rings is 1. The van der Waals surface area contributed by atoms with E-state index in [1.54, 1.807) is 11.0 Å². The quantitative estimate of drug-likeness (QED) is 0.677. The van der Waals surface area contributed by atoms with E-state index >= 15 is 0 Å². The van der Waals surface area contributed by atoms with E-state index in [0.717, 1.165) is 18.4 Å². The number of hydrogen-bond acceptors (Lipinski definition) is 4. The van der Waals surface area contributed by atoms with Crippen molar-refractivity contribution in [2.24, 2.45) is 5.92 Å². The number of benzene rings is 1. The number of nitrogens with zero attached hydrogens (tertiary/aromatic N) is 3. The zero-order valence-electron chi connectivity index (χ0n) is 12.5. The standard InChI is InChI=1S/C15H17N3O5/c19-14-13-7-12(18(22)23)2-1-11(13)9-17(14)8-10-3-5-16(6-4-10)15(20)21/h1-2,7,10H,3-6,8-9H2,(H,20,21). The highest BCUT2D eigenvalue weighted by atomic mass is 16.6. The number of non-ortho nitro benzene ring substituents is 1. The fourth-order valence-corrected chi connectivity index (χ4v) is 3.23. The van der Waals surface area contributed by atoms with Crippen molar-refractivity contribution in [3.8, 4) is 0 Å². The maximum Gasteiger partial charge on any atom is 0.407 e. The van der Waals surface area contributed by atoms with E-state index < -0.39 is 11.0 Å². The van der Waals surface area contributed by atoms with Crippen LogP contribution in [0.1, 0.15) is 28.8 Å². The van der Waals surface area contributed by atoms with Crippen molar-refractivity contribution in [2.45, 2.75) is 19.4 Å². The highest BCUT2D eigenvalue weighted by molar-refractivity contribution is 5.99. The van der Waals surface area contributed by atoms with Gasteiger partial charge in [-0.05, 0) is 30.4 Å². The van der Waals surface area contributed by atoms with Crippen molar-refractivity contribution in [3.05, 3.63) is 39.4 Å². The van der Waals surface area contributed by atoms with Gasteiger partial charge in [0.1, 0.15) is 0 Å². The average Bonchev–Trinajstić information content (AvgIpc) is 2.83. The van der Waals surface area contributed by atoms with Crippen LogP contribution < -0.4 is 0 Å². The third-order valence-corrected chi connectivity index (χ3v) is 4.55. The molecule has 122 valence electrons. The summed E-state index contributed by atoms with van der Waals surface area (Å²) in [5.41, 5.74) is 1.14. The highest BCUT2D eigenvalue weighted by Gasteiger charge is 2.32. The molecule has 0 unspecified atom stereocenters. The maximum absolute atomic E-state index is 12.4. The van der Waals surface area contributed by atoms with Crippen molar-refractivity contribution in [1.82, 2.24) is 9.80 Å². The van der Waals surface area contributed by atoms with E-state index in [0.29, 0.717) is 31.7 Å². The lowest BCUT2D eigenvalue weighted by molar-refractivity contribution is -0.384. The molecule has 0 atom stereocenters. The van der Waals surface area contributed by atoms with Gasteiger partial charge in [-0.25, -0.2) is 4.79 Å². The number of carboxylic acid groups (broad SMARTS) is 1. The second kappa shape index (κ2) is 5.86. The average molecular weight is 319 g/mol. The molecular formula is C15H17N3O5. The number of hydrogen-bond donors (Lipinski definition) is 1. The number of nitro groups is 1. The first-order chi connectivity index (χ1) is 11.0. The fourth-order valence-electron chi connectivity index (χ4n) is 3.23. The molecule has 23 heavy (non-hydrogen) atoms. The van der Waals surface area contributed by atoms with Gasteiger partial charge in [-0.2, -0.15) is 0 Å². The molecule has 0 bridgehead atoms. The zero-order valence-corrected chi connectivity index (χ0v) is 12.5. The van der Waals surface area contributed by atoms with E-state index in [2.05, 4.69) is 0 Å². The first-order valence-electron chi connectivity index (χ1n) is 7.50. The number of carbonyl (C=O) groups excluding carboxylic acids is 1. The Morgan fingerprint density at radius 1 is 1.35 bits per heavy atom. The first kappa shape index (κ1) is 15.3. The number of fused-ring (bicyclic) bond motifs is 1. The molecule has 2 aliphatic heterocycles. The summed E-state index contributed by atoms with van der Waals surface area (Å²) in [6.07, 6.45) is 0.555. The monoisotopic (exact) mass is 319 g/mol. The third kappa shape index (κ3) is 2.96. The summed E-state index contributed by atoms with van der Waals surface area (Å²) >= 11 is 0. The van der Waals surface area contributed by atoms with Gasteiger partial charge in [-0.3, -0.25) is 14.9 Å². The predicted molar refractivity (Wildman–Crippen MR) is 80.2 cm³/mol. The van der Waals surface area contributed by atoms with E-state index in [9.17, 15) is 19.7 Å². The minimum Gasteiger partial charge on any atom is -0.465 e. The molecule has 1 saturated heterocycles. The molecule has 1 aromatic carbocycles. The van der Waals surface area contributed by atoms with Crippen molar-refractivity contribution in [3.63, 3.8) is 0 Å². The third-order valence-electron chi connectivity index (χ3n) is 4.55. The summed E-state index contributed by atoms with van der Waals surface area (Å²) in [7, 11) is 0. The van der Waals surface area contributed by atoms with Crippen LogP contribution in [-0.4, -0.2) is 51.5 Å². The minimum absolute atomic E-state index is 0.0753. The highest BCUT2D eigenvalue weighted by Crippen LogP contribution is 2.29. The van der Waals surface area contributed by atoms with E-state index in [-0.39, 0.29) is 17.5 Å². The molecule has 1 fully saturated rings. The van der Waals surface area contributed by atoms with Gasteiger partial charge < -0.3 is 14.9 Å². The molecule has 8 heteroatoms. The lowest BCUT2D eigenvalue weighted by atomic mass is 9.96. The van der Waals surface area contributed by atoms with Crippen molar-refractivity contribution in [2.75, 3.05) is 19.6 Å². The predicted octanol–water partition coefficient (Wildman–Crippen LogP) is 1.94. The Balaban J connectivity index is 1.64. The summed E-state index contributed by atoms with van der Waals surface area (Å²) in [6, 6.07) is 4.39. The number of amides is 2. The molecule has 2 amide bonds. The Kier molecular flexibility index (Phi) is 3.89. The van der Waals surface area contributed by atoms with Gasteiger partial charge in [-0.15, -0.1) is 0 Å². The second-order valence-corrected chi connectivity index (χ2v) is 6.00. The second-order valence-electron chi connectivity index (χ2n) is 6.00. The van der Waals surface area contributed by atoms with Gasteiger partial charge in [0.25, 0.3) is 11.6 Å². The largest absolute Gasteiger partial charge is 0.465 e. The van der Waals surface area contributed by atoms with Crippen LogP contribution in [0.15, 0.2) is 18.2 Å². The smallest absolute Gasteiger partial charge is 0.407 e. The van der Waals surface area contributed by atoms with Crippen molar-refractivity contribution >= 4 is 17.7 Å². The van der Waals surface area contributed by atoms with Crippen molar-refractivity contribution in [1.29, 1.82) is 0 Å². The Hall–Kier alpha value is -2.64. The molecule has 0 spiro atoms. The van der Waals surface area contributed by atoms with Crippen LogP contribution in [-0.2, 0) is 6.54 Å². The Bertz CT molecular complexity index is 667. The number of likely N-dealkylation sites (tertiary alicyclic amines) is 1. The van der Waals surface area contributed by atoms with Gasteiger partial charge >= 0.3 is 6.09 Å². The molecule has 0 saturated carbocycles. The Labute approximate surface area is 132 Å².